The number of thiophene rings is 1. The molecule has 9 heteroatoms. The molecule has 4 heterocycles. The molecule has 1 aliphatic rings. The maximum Gasteiger partial charge on any atom is 0.269 e. The van der Waals surface area contributed by atoms with E-state index in [0.717, 1.165) is 40.5 Å². The van der Waals surface area contributed by atoms with Crippen molar-refractivity contribution >= 4 is 49.8 Å². The number of pyridine rings is 2. The lowest BCUT2D eigenvalue weighted by atomic mass is 9.95. The second-order valence-electron chi connectivity index (χ2n) is 9.31. The van der Waals surface area contributed by atoms with Gasteiger partial charge >= 0.3 is 0 Å². The molecule has 6 rings (SSSR count). The van der Waals surface area contributed by atoms with Crippen LogP contribution in [0.5, 0.6) is 0 Å². The Morgan fingerprint density at radius 3 is 2.54 bits per heavy atom. The highest BCUT2D eigenvalue weighted by Crippen LogP contribution is 2.37. The van der Waals surface area contributed by atoms with Gasteiger partial charge in [-0.05, 0) is 71.1 Å². The second kappa shape index (κ2) is 9.93. The van der Waals surface area contributed by atoms with E-state index in [0.29, 0.717) is 22.7 Å². The number of hydrogen-bond acceptors (Lipinski definition) is 6. The Bertz CT molecular complexity index is 1660. The Kier molecular flexibility index (Phi) is 6.48. The van der Waals surface area contributed by atoms with Gasteiger partial charge in [0.15, 0.2) is 5.65 Å². The van der Waals surface area contributed by atoms with Crippen LogP contribution in [0.1, 0.15) is 32.1 Å². The largest absolute Gasteiger partial charge is 0.367 e. The highest BCUT2D eigenvalue weighted by molar-refractivity contribution is 7.90. The number of hydrogen-bond donors (Lipinski definition) is 1. The Hall–Kier alpha value is -3.20. The van der Waals surface area contributed by atoms with Crippen LogP contribution in [0.3, 0.4) is 0 Å². The number of aromatic nitrogens is 3. The van der Waals surface area contributed by atoms with Gasteiger partial charge in [-0.1, -0.05) is 49.1 Å². The average molecular weight is 549 g/mol. The zero-order chi connectivity index (χ0) is 25.4. The van der Waals surface area contributed by atoms with Gasteiger partial charge in [0.05, 0.1) is 4.90 Å². The molecule has 1 N–H and O–H groups in total. The first-order valence-corrected chi connectivity index (χ1v) is 15.0. The molecular formula is C28H25ClN4O2S2. The van der Waals surface area contributed by atoms with Crippen LogP contribution in [0.15, 0.2) is 82.6 Å². The van der Waals surface area contributed by atoms with Crippen LogP contribution in [-0.2, 0) is 10.0 Å². The summed E-state index contributed by atoms with van der Waals surface area (Å²) < 4.78 is 28.6. The van der Waals surface area contributed by atoms with Crippen molar-refractivity contribution in [3.05, 3.63) is 82.9 Å². The SMILES string of the molecule is O=S(=O)(c1ccccc1)n1cc(-c2cc(Cl)nc(NC3CCCCC3)c2)c2cc(-c3ccsc3)cnc21. The van der Waals surface area contributed by atoms with Crippen molar-refractivity contribution in [1.82, 2.24) is 13.9 Å². The number of halogens is 1. The third kappa shape index (κ3) is 4.77. The summed E-state index contributed by atoms with van der Waals surface area (Å²) in [5, 5.41) is 8.69. The molecule has 0 radical (unpaired) electrons. The summed E-state index contributed by atoms with van der Waals surface area (Å²) >= 11 is 8.09. The first-order valence-electron chi connectivity index (χ1n) is 12.3. The molecular weight excluding hydrogens is 524 g/mol. The van der Waals surface area contributed by atoms with Crippen molar-refractivity contribution in [3.8, 4) is 22.3 Å². The van der Waals surface area contributed by atoms with Crippen LogP contribution in [0, 0.1) is 0 Å². The van der Waals surface area contributed by atoms with Gasteiger partial charge in [-0.25, -0.2) is 22.4 Å². The Morgan fingerprint density at radius 2 is 1.78 bits per heavy atom. The molecule has 0 amide bonds. The summed E-state index contributed by atoms with van der Waals surface area (Å²) in [6, 6.07) is 16.5. The first kappa shape index (κ1) is 24.2. The summed E-state index contributed by atoms with van der Waals surface area (Å²) in [7, 11) is -3.87. The predicted octanol–water partition coefficient (Wildman–Crippen LogP) is 7.46. The van der Waals surface area contributed by atoms with Gasteiger partial charge < -0.3 is 5.32 Å². The van der Waals surface area contributed by atoms with E-state index in [1.165, 1.54) is 23.2 Å². The fraction of sp³-hybridized carbons (Fsp3) is 0.214. The number of anilines is 1. The molecule has 0 unspecified atom stereocenters. The van der Waals surface area contributed by atoms with E-state index in [1.54, 1.807) is 60.1 Å². The topological polar surface area (TPSA) is 76.9 Å². The number of fused-ring (bicyclic) bond motifs is 1. The molecule has 6 nitrogen and oxygen atoms in total. The van der Waals surface area contributed by atoms with Crippen molar-refractivity contribution in [2.45, 2.75) is 43.0 Å². The summed E-state index contributed by atoms with van der Waals surface area (Å²) in [6.45, 7) is 0. The Labute approximate surface area is 225 Å². The monoisotopic (exact) mass is 548 g/mol. The van der Waals surface area contributed by atoms with Gasteiger partial charge in [0.1, 0.15) is 11.0 Å². The minimum absolute atomic E-state index is 0.203. The first-order chi connectivity index (χ1) is 18.0. The van der Waals surface area contributed by atoms with Crippen LogP contribution >= 0.6 is 22.9 Å². The lowest BCUT2D eigenvalue weighted by molar-refractivity contribution is 0.462. The van der Waals surface area contributed by atoms with Crippen molar-refractivity contribution in [1.29, 1.82) is 0 Å². The summed E-state index contributed by atoms with van der Waals surface area (Å²) in [5.74, 6) is 0.697. The fourth-order valence-electron chi connectivity index (χ4n) is 4.97. The molecule has 0 spiro atoms. The van der Waals surface area contributed by atoms with E-state index in [1.807, 2.05) is 23.6 Å². The summed E-state index contributed by atoms with van der Waals surface area (Å²) in [5.41, 5.74) is 3.85. The van der Waals surface area contributed by atoms with E-state index in [4.69, 9.17) is 11.6 Å². The van der Waals surface area contributed by atoms with Gasteiger partial charge in [0, 0.05) is 34.9 Å². The predicted molar refractivity (Wildman–Crippen MR) is 151 cm³/mol. The molecule has 37 heavy (non-hydrogen) atoms. The normalized spacial score (nSPS) is 14.7. The molecule has 188 valence electrons. The van der Waals surface area contributed by atoms with Crippen molar-refractivity contribution in [2.24, 2.45) is 0 Å². The molecule has 5 aromatic rings. The van der Waals surface area contributed by atoms with Crippen LogP contribution in [0.2, 0.25) is 5.15 Å². The Balaban J connectivity index is 1.52. The molecule has 1 aromatic carbocycles. The molecule has 0 aliphatic heterocycles. The fourth-order valence-corrected chi connectivity index (χ4v) is 7.19. The smallest absolute Gasteiger partial charge is 0.269 e. The van der Waals surface area contributed by atoms with E-state index in [9.17, 15) is 8.42 Å². The average Bonchev–Trinajstić information content (AvgIpc) is 3.58. The quantitative estimate of drug-likeness (QED) is 0.223. The lowest BCUT2D eigenvalue weighted by Gasteiger charge is -2.23. The number of benzene rings is 1. The highest BCUT2D eigenvalue weighted by atomic mass is 35.5. The van der Waals surface area contributed by atoms with E-state index < -0.39 is 10.0 Å². The van der Waals surface area contributed by atoms with Gasteiger partial charge in [-0.15, -0.1) is 0 Å². The van der Waals surface area contributed by atoms with Gasteiger partial charge in [0.2, 0.25) is 0 Å². The molecule has 4 aromatic heterocycles. The van der Waals surface area contributed by atoms with Gasteiger partial charge in [-0.2, -0.15) is 11.3 Å². The molecule has 0 atom stereocenters. The van der Waals surface area contributed by atoms with Gasteiger partial charge in [0.25, 0.3) is 10.0 Å². The second-order valence-corrected chi connectivity index (χ2v) is 12.3. The zero-order valence-electron chi connectivity index (χ0n) is 20.0. The standard InChI is InChI=1S/C28H25ClN4O2S2/c29-26-14-20(15-27(32-26)31-22-7-3-1-4-8-22)25-17-33(37(34,35)23-9-5-2-6-10-23)28-24(25)13-21(16-30-28)19-11-12-36-18-19/h2,5-6,9-18,22H,1,3-4,7-8H2,(H,31,32). The minimum Gasteiger partial charge on any atom is -0.367 e. The zero-order valence-corrected chi connectivity index (χ0v) is 22.4. The minimum atomic E-state index is -3.87. The third-order valence-electron chi connectivity index (χ3n) is 6.83. The van der Waals surface area contributed by atoms with Gasteiger partial charge in [-0.3, -0.25) is 0 Å². The van der Waals surface area contributed by atoms with Crippen LogP contribution in [0.4, 0.5) is 5.82 Å². The van der Waals surface area contributed by atoms with Crippen molar-refractivity contribution < 1.29 is 8.42 Å². The number of nitrogens with one attached hydrogen (secondary N) is 1. The molecule has 0 saturated heterocycles. The summed E-state index contributed by atoms with van der Waals surface area (Å²) in [4.78, 5) is 9.35. The van der Waals surface area contributed by atoms with E-state index in [-0.39, 0.29) is 4.90 Å². The molecule has 1 aliphatic carbocycles. The maximum absolute atomic E-state index is 13.7. The van der Waals surface area contributed by atoms with Crippen molar-refractivity contribution in [2.75, 3.05) is 5.32 Å². The molecule has 0 bridgehead atoms. The van der Waals surface area contributed by atoms with Crippen LogP contribution in [-0.4, -0.2) is 28.4 Å². The van der Waals surface area contributed by atoms with Crippen LogP contribution in [0.25, 0.3) is 33.3 Å². The highest BCUT2D eigenvalue weighted by Gasteiger charge is 2.24. The molecule has 1 fully saturated rings. The summed E-state index contributed by atoms with van der Waals surface area (Å²) in [6.07, 6.45) is 9.24. The maximum atomic E-state index is 13.7. The molecule has 1 saturated carbocycles. The number of rotatable bonds is 6. The van der Waals surface area contributed by atoms with E-state index >= 15 is 0 Å². The van der Waals surface area contributed by atoms with E-state index in [2.05, 4.69) is 20.7 Å². The Morgan fingerprint density at radius 1 is 0.973 bits per heavy atom. The third-order valence-corrected chi connectivity index (χ3v) is 9.37. The lowest BCUT2D eigenvalue weighted by Crippen LogP contribution is -2.22. The van der Waals surface area contributed by atoms with Crippen molar-refractivity contribution in [3.63, 3.8) is 0 Å². The number of nitrogens with zero attached hydrogens (tertiary/aromatic N) is 3. The van der Waals surface area contributed by atoms with Crippen LogP contribution < -0.4 is 5.32 Å².